The molecule has 0 amide bonds. The first-order valence-corrected chi connectivity index (χ1v) is 7.34. The van der Waals surface area contributed by atoms with Crippen molar-refractivity contribution in [1.82, 2.24) is 9.97 Å². The van der Waals surface area contributed by atoms with Crippen LogP contribution < -0.4 is 5.32 Å². The molecule has 19 heavy (non-hydrogen) atoms. The lowest BCUT2D eigenvalue weighted by molar-refractivity contribution is -0.154. The van der Waals surface area contributed by atoms with Crippen molar-refractivity contribution in [3.05, 3.63) is 16.9 Å². The number of carbonyl (C=O) groups is 1. The first-order valence-electron chi connectivity index (χ1n) is 6.55. The van der Waals surface area contributed by atoms with Gasteiger partial charge in [-0.15, -0.1) is 0 Å². The Bertz CT molecular complexity index is 430. The molecule has 1 fully saturated rings. The Morgan fingerprint density at radius 2 is 2.05 bits per heavy atom. The first-order chi connectivity index (χ1) is 9.16. The molecule has 104 valence electrons. The molecule has 1 aromatic rings. The van der Waals surface area contributed by atoms with Gasteiger partial charge in [-0.2, -0.15) is 0 Å². The number of nitrogens with one attached hydrogen (secondary N) is 1. The highest BCUT2D eigenvalue weighted by atomic mass is 79.9. The number of rotatable bonds is 5. The van der Waals surface area contributed by atoms with Crippen LogP contribution in [0.2, 0.25) is 0 Å². The molecule has 0 bridgehead atoms. The Morgan fingerprint density at radius 1 is 1.42 bits per heavy atom. The maximum atomic E-state index is 12.1. The van der Waals surface area contributed by atoms with E-state index in [0.29, 0.717) is 19.1 Å². The fourth-order valence-corrected chi connectivity index (χ4v) is 2.65. The molecule has 6 heteroatoms. The number of hydrogen-bond acceptors (Lipinski definition) is 5. The van der Waals surface area contributed by atoms with E-state index in [0.717, 1.165) is 30.2 Å². The Morgan fingerprint density at radius 3 is 2.63 bits per heavy atom. The first kappa shape index (κ1) is 14.2. The molecule has 0 aromatic carbocycles. The number of aromatic nitrogens is 2. The van der Waals surface area contributed by atoms with E-state index in [2.05, 4.69) is 31.2 Å². The van der Waals surface area contributed by atoms with Crippen LogP contribution in [-0.2, 0) is 9.53 Å². The molecule has 1 saturated carbocycles. The summed E-state index contributed by atoms with van der Waals surface area (Å²) in [7, 11) is 0. The summed E-state index contributed by atoms with van der Waals surface area (Å²) in [6.07, 6.45) is 7.25. The molecule has 0 spiro atoms. The lowest BCUT2D eigenvalue weighted by atomic mass is 9.86. The van der Waals surface area contributed by atoms with Crippen LogP contribution in [0.4, 0.5) is 5.95 Å². The molecular formula is C13H18BrN3O2. The van der Waals surface area contributed by atoms with E-state index in [9.17, 15) is 4.79 Å². The SMILES string of the molecule is CCOC(=O)C1(CNc2ncc(Br)cn2)CCCC1. The van der Waals surface area contributed by atoms with Crippen molar-refractivity contribution in [1.29, 1.82) is 0 Å². The van der Waals surface area contributed by atoms with Gasteiger partial charge in [0.25, 0.3) is 0 Å². The molecule has 1 aliphatic rings. The molecule has 2 rings (SSSR count). The molecule has 0 saturated heterocycles. The van der Waals surface area contributed by atoms with Gasteiger partial charge in [-0.05, 0) is 35.7 Å². The number of halogens is 1. The molecule has 1 aliphatic carbocycles. The standard InChI is InChI=1S/C13H18BrN3O2/c1-2-19-11(18)13(5-3-4-6-13)9-17-12-15-7-10(14)8-16-12/h7-8H,2-6,9H2,1H3,(H,15,16,17). The zero-order chi connectivity index (χ0) is 13.7. The lowest BCUT2D eigenvalue weighted by Crippen LogP contribution is -2.37. The van der Waals surface area contributed by atoms with Gasteiger partial charge < -0.3 is 10.1 Å². The summed E-state index contributed by atoms with van der Waals surface area (Å²) in [5.41, 5.74) is -0.410. The van der Waals surface area contributed by atoms with Crippen LogP contribution in [0.3, 0.4) is 0 Å². The van der Waals surface area contributed by atoms with Crippen molar-refractivity contribution in [2.75, 3.05) is 18.5 Å². The summed E-state index contributed by atoms with van der Waals surface area (Å²) in [5.74, 6) is 0.441. The second-order valence-corrected chi connectivity index (χ2v) is 5.70. The smallest absolute Gasteiger partial charge is 0.313 e. The molecule has 1 N–H and O–H groups in total. The number of hydrogen-bond donors (Lipinski definition) is 1. The third kappa shape index (κ3) is 3.43. The maximum absolute atomic E-state index is 12.1. The van der Waals surface area contributed by atoms with Crippen LogP contribution in [0.5, 0.6) is 0 Å². The summed E-state index contributed by atoms with van der Waals surface area (Å²) < 4.78 is 6.04. The largest absolute Gasteiger partial charge is 0.466 e. The Labute approximate surface area is 121 Å². The topological polar surface area (TPSA) is 64.1 Å². The third-order valence-corrected chi connectivity index (χ3v) is 3.88. The average molecular weight is 328 g/mol. The van der Waals surface area contributed by atoms with Crippen LogP contribution >= 0.6 is 15.9 Å². The number of carbonyl (C=O) groups excluding carboxylic acids is 1. The summed E-state index contributed by atoms with van der Waals surface area (Å²) in [4.78, 5) is 20.4. The second-order valence-electron chi connectivity index (χ2n) is 4.79. The van der Waals surface area contributed by atoms with E-state index in [-0.39, 0.29) is 5.97 Å². The van der Waals surface area contributed by atoms with Gasteiger partial charge in [0.1, 0.15) is 0 Å². The third-order valence-electron chi connectivity index (χ3n) is 3.47. The van der Waals surface area contributed by atoms with Gasteiger partial charge in [-0.1, -0.05) is 12.8 Å². The van der Waals surface area contributed by atoms with Crippen molar-refractivity contribution in [2.45, 2.75) is 32.6 Å². The minimum absolute atomic E-state index is 0.0999. The summed E-state index contributed by atoms with van der Waals surface area (Å²) in [6, 6.07) is 0. The lowest BCUT2D eigenvalue weighted by Gasteiger charge is -2.26. The van der Waals surface area contributed by atoms with E-state index in [1.807, 2.05) is 6.92 Å². The highest BCUT2D eigenvalue weighted by Gasteiger charge is 2.42. The number of nitrogens with zero attached hydrogens (tertiary/aromatic N) is 2. The number of anilines is 1. The summed E-state index contributed by atoms with van der Waals surface area (Å²) in [5, 5.41) is 3.15. The highest BCUT2D eigenvalue weighted by Crippen LogP contribution is 2.39. The predicted molar refractivity (Wildman–Crippen MR) is 75.8 cm³/mol. The molecule has 1 heterocycles. The molecular weight excluding hydrogens is 310 g/mol. The fraction of sp³-hybridized carbons (Fsp3) is 0.615. The molecule has 0 atom stereocenters. The van der Waals surface area contributed by atoms with Crippen LogP contribution in [-0.4, -0.2) is 29.1 Å². The van der Waals surface area contributed by atoms with Crippen molar-refractivity contribution >= 4 is 27.8 Å². The minimum Gasteiger partial charge on any atom is -0.466 e. The zero-order valence-electron chi connectivity index (χ0n) is 11.0. The van der Waals surface area contributed by atoms with Crippen molar-refractivity contribution in [2.24, 2.45) is 5.41 Å². The fourth-order valence-electron chi connectivity index (χ4n) is 2.44. The van der Waals surface area contributed by atoms with Crippen molar-refractivity contribution in [3.63, 3.8) is 0 Å². The van der Waals surface area contributed by atoms with Gasteiger partial charge >= 0.3 is 5.97 Å². The number of esters is 1. The number of ether oxygens (including phenoxy) is 1. The van der Waals surface area contributed by atoms with E-state index in [1.165, 1.54) is 0 Å². The van der Waals surface area contributed by atoms with Crippen LogP contribution in [0.1, 0.15) is 32.6 Å². The van der Waals surface area contributed by atoms with Gasteiger partial charge in [0.15, 0.2) is 0 Å². The van der Waals surface area contributed by atoms with Crippen LogP contribution in [0, 0.1) is 5.41 Å². The highest BCUT2D eigenvalue weighted by molar-refractivity contribution is 9.10. The Kier molecular flexibility index (Phi) is 4.74. The molecule has 0 aliphatic heterocycles. The van der Waals surface area contributed by atoms with Gasteiger partial charge in [0.2, 0.25) is 5.95 Å². The monoisotopic (exact) mass is 327 g/mol. The molecule has 0 radical (unpaired) electrons. The van der Waals surface area contributed by atoms with E-state index >= 15 is 0 Å². The molecule has 1 aromatic heterocycles. The van der Waals surface area contributed by atoms with E-state index < -0.39 is 5.41 Å². The van der Waals surface area contributed by atoms with Gasteiger partial charge in [0, 0.05) is 18.9 Å². The molecule has 5 nitrogen and oxygen atoms in total. The average Bonchev–Trinajstić information content (AvgIpc) is 2.88. The quantitative estimate of drug-likeness (QED) is 0.842. The van der Waals surface area contributed by atoms with Gasteiger partial charge in [-0.3, -0.25) is 4.79 Å². The van der Waals surface area contributed by atoms with Gasteiger partial charge in [0.05, 0.1) is 16.5 Å². The summed E-state index contributed by atoms with van der Waals surface area (Å²) >= 11 is 3.29. The summed E-state index contributed by atoms with van der Waals surface area (Å²) in [6.45, 7) is 2.80. The van der Waals surface area contributed by atoms with Crippen molar-refractivity contribution < 1.29 is 9.53 Å². The zero-order valence-corrected chi connectivity index (χ0v) is 12.6. The van der Waals surface area contributed by atoms with Crippen molar-refractivity contribution in [3.8, 4) is 0 Å². The Balaban J connectivity index is 2.01. The second kappa shape index (κ2) is 6.32. The van der Waals surface area contributed by atoms with Gasteiger partial charge in [-0.25, -0.2) is 9.97 Å². The molecule has 0 unspecified atom stereocenters. The van der Waals surface area contributed by atoms with Crippen LogP contribution in [0.25, 0.3) is 0 Å². The van der Waals surface area contributed by atoms with Crippen LogP contribution in [0.15, 0.2) is 16.9 Å². The predicted octanol–water partition coefficient (Wildman–Crippen LogP) is 2.77. The minimum atomic E-state index is -0.410. The van der Waals surface area contributed by atoms with E-state index in [4.69, 9.17) is 4.74 Å². The van der Waals surface area contributed by atoms with E-state index in [1.54, 1.807) is 12.4 Å². The maximum Gasteiger partial charge on any atom is 0.313 e. The normalized spacial score (nSPS) is 17.2. The Hall–Kier alpha value is -1.17.